The third-order valence-electron chi connectivity index (χ3n) is 2.83. The van der Waals surface area contributed by atoms with Crippen molar-refractivity contribution < 1.29 is 23.1 Å². The van der Waals surface area contributed by atoms with Gasteiger partial charge in [-0.25, -0.2) is 4.79 Å². The summed E-state index contributed by atoms with van der Waals surface area (Å²) in [6, 6.07) is 4.18. The Hall–Kier alpha value is -2.71. The van der Waals surface area contributed by atoms with Crippen LogP contribution in [0.4, 0.5) is 13.2 Å². The molecule has 0 amide bonds. The van der Waals surface area contributed by atoms with Crippen molar-refractivity contribution in [1.82, 2.24) is 20.0 Å². The third kappa shape index (κ3) is 2.57. The molecule has 3 aromatic rings. The highest BCUT2D eigenvalue weighted by Gasteiger charge is 2.31. The van der Waals surface area contributed by atoms with E-state index in [0.717, 1.165) is 16.6 Å². The van der Waals surface area contributed by atoms with E-state index >= 15 is 0 Å². The lowest BCUT2D eigenvalue weighted by atomic mass is 10.1. The van der Waals surface area contributed by atoms with Crippen LogP contribution >= 0.6 is 0 Å². The minimum Gasteiger partial charge on any atom is -0.478 e. The summed E-state index contributed by atoms with van der Waals surface area (Å²) in [6.07, 6.45) is -4.50. The van der Waals surface area contributed by atoms with Crippen molar-refractivity contribution in [3.8, 4) is 0 Å². The fraction of sp³-hybridized carbons (Fsp3) is 0.231. The number of tetrazole rings is 1. The molecule has 9 heteroatoms. The number of fused-ring (bicyclic) bond motifs is 3. The molecule has 0 atom stereocenters. The van der Waals surface area contributed by atoms with Crippen molar-refractivity contribution in [3.63, 3.8) is 0 Å². The Morgan fingerprint density at radius 3 is 2.50 bits per heavy atom. The number of rotatable bonds is 1. The molecule has 22 heavy (non-hydrogen) atoms. The number of nitrogens with zero attached hydrogens (tertiary/aromatic N) is 4. The van der Waals surface area contributed by atoms with E-state index < -0.39 is 17.7 Å². The highest BCUT2D eigenvalue weighted by molar-refractivity contribution is 5.99. The number of hydrogen-bond donors (Lipinski definition) is 1. The van der Waals surface area contributed by atoms with Crippen LogP contribution in [0.1, 0.15) is 29.8 Å². The van der Waals surface area contributed by atoms with E-state index in [2.05, 4.69) is 15.5 Å². The summed E-state index contributed by atoms with van der Waals surface area (Å²) in [5.74, 6) is -1.26. The molecule has 0 saturated carbocycles. The molecular formula is C13H11F3N4O2. The Bertz CT molecular complexity index is 842. The Morgan fingerprint density at radius 1 is 1.23 bits per heavy atom. The molecule has 0 radical (unpaired) electrons. The van der Waals surface area contributed by atoms with Crippen molar-refractivity contribution in [2.24, 2.45) is 0 Å². The number of pyridine rings is 1. The molecular weight excluding hydrogens is 301 g/mol. The summed E-state index contributed by atoms with van der Waals surface area (Å²) < 4.78 is 39.1. The smallest absolute Gasteiger partial charge is 0.416 e. The first-order valence-electron chi connectivity index (χ1n) is 6.33. The van der Waals surface area contributed by atoms with Gasteiger partial charge in [0.1, 0.15) is 5.56 Å². The third-order valence-corrected chi connectivity index (χ3v) is 2.83. The molecule has 2 aromatic heterocycles. The summed E-state index contributed by atoms with van der Waals surface area (Å²) in [6.45, 7) is 4.00. The normalized spacial score (nSPS) is 11.3. The van der Waals surface area contributed by atoms with Gasteiger partial charge in [0.25, 0.3) is 0 Å². The van der Waals surface area contributed by atoms with E-state index in [1.165, 1.54) is 12.1 Å². The lowest BCUT2D eigenvalue weighted by molar-refractivity contribution is -0.137. The molecule has 0 spiro atoms. The van der Waals surface area contributed by atoms with Gasteiger partial charge in [-0.05, 0) is 28.6 Å². The number of aromatic carboxylic acids is 1. The van der Waals surface area contributed by atoms with Gasteiger partial charge in [-0.2, -0.15) is 17.7 Å². The standard InChI is InChI=1S/C11H5F3N4O2.C2H6/c12-11(13,14)6-2-1-5-3-7(10(19)20)9-15-16-17-18(9)8(5)4-6;1-2/h1-4H,(H,19,20);1-2H3. The van der Waals surface area contributed by atoms with Crippen LogP contribution in [0, 0.1) is 0 Å². The summed E-state index contributed by atoms with van der Waals surface area (Å²) in [5.41, 5.74) is -1.05. The van der Waals surface area contributed by atoms with Crippen LogP contribution in [0.3, 0.4) is 0 Å². The Kier molecular flexibility index (Phi) is 3.98. The van der Waals surface area contributed by atoms with Gasteiger partial charge >= 0.3 is 12.1 Å². The van der Waals surface area contributed by atoms with Crippen molar-refractivity contribution in [2.75, 3.05) is 0 Å². The van der Waals surface area contributed by atoms with E-state index in [1.54, 1.807) is 0 Å². The summed E-state index contributed by atoms with van der Waals surface area (Å²) in [4.78, 5) is 11.1. The maximum absolute atomic E-state index is 12.7. The molecule has 0 saturated heterocycles. The van der Waals surface area contributed by atoms with Gasteiger partial charge < -0.3 is 5.11 Å². The Balaban J connectivity index is 0.000000847. The molecule has 0 bridgehead atoms. The van der Waals surface area contributed by atoms with E-state index in [9.17, 15) is 18.0 Å². The molecule has 6 nitrogen and oxygen atoms in total. The average molecular weight is 312 g/mol. The quantitative estimate of drug-likeness (QED) is 0.747. The first-order chi connectivity index (χ1) is 10.4. The zero-order chi connectivity index (χ0) is 16.5. The maximum atomic E-state index is 12.7. The van der Waals surface area contributed by atoms with E-state index in [4.69, 9.17) is 5.11 Å². The molecule has 1 N–H and O–H groups in total. The minimum absolute atomic E-state index is 0.0878. The first kappa shape index (κ1) is 15.7. The monoisotopic (exact) mass is 312 g/mol. The number of benzene rings is 1. The lowest BCUT2D eigenvalue weighted by Crippen LogP contribution is -2.07. The average Bonchev–Trinajstić information content (AvgIpc) is 2.96. The van der Waals surface area contributed by atoms with Crippen LogP contribution in [0.5, 0.6) is 0 Å². The lowest BCUT2D eigenvalue weighted by Gasteiger charge is -2.08. The molecule has 0 aliphatic rings. The first-order valence-corrected chi connectivity index (χ1v) is 6.33. The zero-order valence-corrected chi connectivity index (χ0v) is 11.6. The number of carbonyl (C=O) groups is 1. The van der Waals surface area contributed by atoms with Gasteiger partial charge in [-0.15, -0.1) is 5.10 Å². The van der Waals surface area contributed by atoms with Gasteiger partial charge in [0, 0.05) is 5.39 Å². The predicted octanol–water partition coefficient (Wildman–Crippen LogP) is 3.02. The van der Waals surface area contributed by atoms with Crippen LogP contribution in [-0.2, 0) is 6.18 Å². The fourth-order valence-electron chi connectivity index (χ4n) is 1.92. The zero-order valence-electron chi connectivity index (χ0n) is 11.6. The molecule has 116 valence electrons. The number of hydrogen-bond acceptors (Lipinski definition) is 4. The van der Waals surface area contributed by atoms with Gasteiger partial charge in [0.2, 0.25) is 0 Å². The van der Waals surface area contributed by atoms with Crippen molar-refractivity contribution in [3.05, 3.63) is 35.4 Å². The SMILES string of the molecule is CC.O=C(O)c1cc2ccc(C(F)(F)F)cc2n2nnnc12. The number of carboxylic acids is 1. The topological polar surface area (TPSA) is 80.4 Å². The predicted molar refractivity (Wildman–Crippen MR) is 71.6 cm³/mol. The van der Waals surface area contributed by atoms with E-state index in [-0.39, 0.29) is 16.7 Å². The van der Waals surface area contributed by atoms with Crippen molar-refractivity contribution >= 4 is 22.5 Å². The molecule has 0 aliphatic carbocycles. The number of alkyl halides is 3. The molecule has 1 aromatic carbocycles. The second kappa shape index (κ2) is 5.58. The second-order valence-corrected chi connectivity index (χ2v) is 4.05. The van der Waals surface area contributed by atoms with Crippen LogP contribution in [0.25, 0.3) is 16.6 Å². The second-order valence-electron chi connectivity index (χ2n) is 4.05. The largest absolute Gasteiger partial charge is 0.478 e. The van der Waals surface area contributed by atoms with Gasteiger partial charge in [0.05, 0.1) is 11.1 Å². The molecule has 3 rings (SSSR count). The molecule has 0 fully saturated rings. The van der Waals surface area contributed by atoms with E-state index in [1.807, 2.05) is 13.8 Å². The van der Waals surface area contributed by atoms with Crippen molar-refractivity contribution in [2.45, 2.75) is 20.0 Å². The van der Waals surface area contributed by atoms with Gasteiger partial charge in [0.15, 0.2) is 5.65 Å². The molecule has 0 aliphatic heterocycles. The van der Waals surface area contributed by atoms with Crippen molar-refractivity contribution in [1.29, 1.82) is 0 Å². The Morgan fingerprint density at radius 2 is 1.91 bits per heavy atom. The van der Waals surface area contributed by atoms with E-state index in [0.29, 0.717) is 5.39 Å². The van der Waals surface area contributed by atoms with Crippen LogP contribution in [-0.4, -0.2) is 31.1 Å². The summed E-state index contributed by atoms with van der Waals surface area (Å²) >= 11 is 0. The van der Waals surface area contributed by atoms with Crippen LogP contribution < -0.4 is 0 Å². The number of carboxylic acid groups (broad SMARTS) is 1. The number of aromatic nitrogens is 4. The highest BCUT2D eigenvalue weighted by atomic mass is 19.4. The van der Waals surface area contributed by atoms with Gasteiger partial charge in [-0.1, -0.05) is 19.9 Å². The molecule has 2 heterocycles. The maximum Gasteiger partial charge on any atom is 0.416 e. The summed E-state index contributed by atoms with van der Waals surface area (Å²) in [7, 11) is 0. The highest BCUT2D eigenvalue weighted by Crippen LogP contribution is 2.31. The number of halogens is 3. The molecule has 0 unspecified atom stereocenters. The fourth-order valence-corrected chi connectivity index (χ4v) is 1.92. The van der Waals surface area contributed by atoms with Crippen LogP contribution in [0.2, 0.25) is 0 Å². The van der Waals surface area contributed by atoms with Crippen LogP contribution in [0.15, 0.2) is 24.3 Å². The van der Waals surface area contributed by atoms with Gasteiger partial charge in [-0.3, -0.25) is 0 Å². The summed E-state index contributed by atoms with van der Waals surface area (Å²) in [5, 5.41) is 19.7. The minimum atomic E-state index is -4.50. The Labute approximate surface area is 122 Å².